The molecule has 0 radical (unpaired) electrons. The molecule has 88 valence electrons. The quantitative estimate of drug-likeness (QED) is 0.480. The minimum absolute atomic E-state index is 0.351. The lowest BCUT2D eigenvalue weighted by atomic mass is 10.0. The van der Waals surface area contributed by atoms with Gasteiger partial charge in [0.25, 0.3) is 0 Å². The fourth-order valence-corrected chi connectivity index (χ4v) is 0.834. The molecule has 0 saturated carbocycles. The van der Waals surface area contributed by atoms with E-state index in [2.05, 4.69) is 19.0 Å². The molecule has 1 unspecified atom stereocenters. The third-order valence-corrected chi connectivity index (χ3v) is 1.61. The number of rotatable bonds is 5. The maximum absolute atomic E-state index is 8.97. The smallest absolute Gasteiger partial charge is 0.330 e. The van der Waals surface area contributed by atoms with E-state index in [9.17, 15) is 0 Å². The summed E-state index contributed by atoms with van der Waals surface area (Å²) in [5.41, 5.74) is 0. The molecule has 6 heteroatoms. The van der Waals surface area contributed by atoms with Gasteiger partial charge in [0.2, 0.25) is 0 Å². The lowest BCUT2D eigenvalue weighted by Crippen LogP contribution is -2.08. The normalized spacial score (nSPS) is 12.9. The zero-order chi connectivity index (χ0) is 11.6. The largest absolute Gasteiger partial charge is 0.396 e. The summed E-state index contributed by atoms with van der Waals surface area (Å²) < 4.78 is 25.2. The molecule has 14 heavy (non-hydrogen) atoms. The van der Waals surface area contributed by atoms with Crippen LogP contribution in [-0.4, -0.2) is 24.7 Å². The Bertz CT molecular complexity index is 195. The molecule has 0 aromatic rings. The lowest BCUT2D eigenvalue weighted by molar-refractivity contribution is 0.227. The van der Waals surface area contributed by atoms with Gasteiger partial charge in [0, 0.05) is 6.61 Å². The van der Waals surface area contributed by atoms with Crippen LogP contribution in [0.2, 0.25) is 0 Å². The Kier molecular flexibility index (Phi) is 10.9. The molecule has 0 fully saturated rings. The van der Waals surface area contributed by atoms with Crippen LogP contribution in [0.5, 0.6) is 0 Å². The third kappa shape index (κ3) is 29.7. The monoisotopic (exact) mass is 227 g/mol. The van der Waals surface area contributed by atoms with Gasteiger partial charge >= 0.3 is 10.3 Å². The molecule has 0 spiro atoms. The van der Waals surface area contributed by atoms with Gasteiger partial charge in [0.15, 0.2) is 0 Å². The number of hydrogen-bond donors (Lipinski definition) is 3. The lowest BCUT2D eigenvalue weighted by Gasteiger charge is -2.04. The zero-order valence-electron chi connectivity index (χ0n) is 8.81. The van der Waals surface area contributed by atoms with Gasteiger partial charge in [-0.05, 0) is 12.3 Å². The van der Waals surface area contributed by atoms with Crippen molar-refractivity contribution < 1.29 is 18.1 Å². The molecule has 0 bridgehead atoms. The van der Waals surface area contributed by atoms with Gasteiger partial charge < -0.3 is 5.11 Å². The van der Waals surface area contributed by atoms with Gasteiger partial charge in [0.1, 0.15) is 0 Å². The van der Waals surface area contributed by atoms with Crippen molar-refractivity contribution in [3.8, 4) is 0 Å². The van der Waals surface area contributed by atoms with E-state index in [0.29, 0.717) is 12.5 Å². The highest BCUT2D eigenvalue weighted by atomic mass is 32.2. The van der Waals surface area contributed by atoms with E-state index in [1.165, 1.54) is 25.7 Å². The summed E-state index contributed by atoms with van der Waals surface area (Å²) in [6.07, 6.45) is 5.05. The summed E-state index contributed by atoms with van der Waals surface area (Å²) in [6.45, 7) is 4.64. The minimum Gasteiger partial charge on any atom is -0.396 e. The first-order valence-electron chi connectivity index (χ1n) is 4.67. The summed E-state index contributed by atoms with van der Waals surface area (Å²) in [5.74, 6) is 0.511. The summed E-state index contributed by atoms with van der Waals surface area (Å²) >= 11 is 0. The summed E-state index contributed by atoms with van der Waals surface area (Å²) in [7, 11) is -4.17. The fraction of sp³-hybridized carbons (Fsp3) is 1.00. The van der Waals surface area contributed by atoms with Crippen molar-refractivity contribution in [2.75, 3.05) is 6.61 Å². The molecule has 0 rings (SSSR count). The van der Waals surface area contributed by atoms with Gasteiger partial charge in [0.05, 0.1) is 0 Å². The van der Waals surface area contributed by atoms with Crippen molar-refractivity contribution >= 4 is 10.3 Å². The second kappa shape index (κ2) is 9.39. The van der Waals surface area contributed by atoms with Crippen LogP contribution in [-0.2, 0) is 10.3 Å². The van der Waals surface area contributed by atoms with E-state index in [1.54, 1.807) is 0 Å². The highest BCUT2D eigenvalue weighted by Crippen LogP contribution is 2.07. The molecule has 0 aromatic heterocycles. The second-order valence-corrected chi connectivity index (χ2v) is 4.33. The molecule has 0 heterocycles. The van der Waals surface area contributed by atoms with E-state index < -0.39 is 10.3 Å². The maximum atomic E-state index is 8.97. The Morgan fingerprint density at radius 1 is 1.36 bits per heavy atom. The molecule has 0 amide bonds. The van der Waals surface area contributed by atoms with Crippen LogP contribution < -0.4 is 5.14 Å². The van der Waals surface area contributed by atoms with E-state index in [-0.39, 0.29) is 0 Å². The fourth-order valence-electron chi connectivity index (χ4n) is 0.834. The molecule has 0 aromatic carbocycles. The van der Waals surface area contributed by atoms with Crippen molar-refractivity contribution in [1.82, 2.24) is 0 Å². The Balaban J connectivity index is 0. The standard InChI is InChI=1S/C8H18O.H3NO3S/c1-3-4-5-6-8(2)7-9;1-5(2,3)4/h8-9H,3-7H2,1-2H3;(H3,1,2,3,4). The topological polar surface area (TPSA) is 101 Å². The van der Waals surface area contributed by atoms with E-state index in [1.807, 2.05) is 0 Å². The minimum atomic E-state index is -4.17. The van der Waals surface area contributed by atoms with Gasteiger partial charge in [-0.2, -0.15) is 8.42 Å². The molecule has 4 N–H and O–H groups in total. The van der Waals surface area contributed by atoms with E-state index in [0.717, 1.165) is 0 Å². The molecule has 0 aliphatic heterocycles. The van der Waals surface area contributed by atoms with Crippen LogP contribution in [0.25, 0.3) is 0 Å². The van der Waals surface area contributed by atoms with Crippen LogP contribution in [0.4, 0.5) is 0 Å². The predicted molar refractivity (Wildman–Crippen MR) is 56.1 cm³/mol. The van der Waals surface area contributed by atoms with Crippen LogP contribution in [0, 0.1) is 5.92 Å². The zero-order valence-corrected chi connectivity index (χ0v) is 9.63. The first-order chi connectivity index (χ1) is 6.31. The van der Waals surface area contributed by atoms with Gasteiger partial charge in [-0.3, -0.25) is 4.55 Å². The van der Waals surface area contributed by atoms with Gasteiger partial charge in [-0.15, -0.1) is 0 Å². The SMILES string of the molecule is CCCCCC(C)CO.NS(=O)(=O)O. The van der Waals surface area contributed by atoms with E-state index in [4.69, 9.17) is 18.1 Å². The number of nitrogens with two attached hydrogens (primary N) is 1. The van der Waals surface area contributed by atoms with Crippen molar-refractivity contribution in [3.05, 3.63) is 0 Å². The molecular formula is C8H21NO4S. The third-order valence-electron chi connectivity index (χ3n) is 1.61. The highest BCUT2D eigenvalue weighted by Gasteiger charge is 1.97. The average molecular weight is 227 g/mol. The number of hydrogen-bond acceptors (Lipinski definition) is 3. The number of aliphatic hydroxyl groups excluding tert-OH is 1. The number of unbranched alkanes of at least 4 members (excludes halogenated alkanes) is 2. The molecule has 1 atom stereocenters. The Hall–Kier alpha value is -0.170. The van der Waals surface area contributed by atoms with Gasteiger partial charge in [-0.25, -0.2) is 5.14 Å². The highest BCUT2D eigenvalue weighted by molar-refractivity contribution is 7.83. The summed E-state index contributed by atoms with van der Waals surface area (Å²) in [4.78, 5) is 0. The predicted octanol–water partition coefficient (Wildman–Crippen LogP) is 0.943. The van der Waals surface area contributed by atoms with E-state index >= 15 is 0 Å². The van der Waals surface area contributed by atoms with Crippen molar-refractivity contribution in [1.29, 1.82) is 0 Å². The first-order valence-corrected chi connectivity index (χ1v) is 6.17. The van der Waals surface area contributed by atoms with Crippen molar-refractivity contribution in [2.24, 2.45) is 11.1 Å². The first kappa shape index (κ1) is 16.3. The Morgan fingerprint density at radius 2 is 1.79 bits per heavy atom. The van der Waals surface area contributed by atoms with Crippen LogP contribution >= 0.6 is 0 Å². The van der Waals surface area contributed by atoms with Crippen molar-refractivity contribution in [2.45, 2.75) is 39.5 Å². The summed E-state index contributed by atoms with van der Waals surface area (Å²) in [5, 5.41) is 12.5. The number of aliphatic hydroxyl groups is 1. The van der Waals surface area contributed by atoms with Gasteiger partial charge in [-0.1, -0.05) is 33.1 Å². The molecule has 0 aliphatic rings. The Morgan fingerprint density at radius 3 is 2.07 bits per heavy atom. The van der Waals surface area contributed by atoms with Crippen LogP contribution in [0.15, 0.2) is 0 Å². The molecule has 0 aliphatic carbocycles. The maximum Gasteiger partial charge on any atom is 0.330 e. The molecule has 5 nitrogen and oxygen atoms in total. The van der Waals surface area contributed by atoms with Crippen LogP contribution in [0.3, 0.4) is 0 Å². The van der Waals surface area contributed by atoms with Crippen molar-refractivity contribution in [3.63, 3.8) is 0 Å². The second-order valence-electron chi connectivity index (χ2n) is 3.30. The molecule has 0 saturated heterocycles. The molecular weight excluding hydrogens is 206 g/mol. The average Bonchev–Trinajstić information content (AvgIpc) is 2.01. The Labute approximate surface area is 86.2 Å². The van der Waals surface area contributed by atoms with Crippen LogP contribution in [0.1, 0.15) is 39.5 Å². The summed E-state index contributed by atoms with van der Waals surface area (Å²) in [6, 6.07) is 0.